The molecule has 0 fully saturated rings. The van der Waals surface area contributed by atoms with Crippen LogP contribution in [-0.4, -0.2) is 27.4 Å². The number of unbranched alkanes of at least 4 members (excludes halogenated alkanes) is 1. The normalized spacial score (nSPS) is 13.6. The number of sulfonamides is 1. The second-order valence-electron chi connectivity index (χ2n) is 6.66. The lowest BCUT2D eigenvalue weighted by Gasteiger charge is -2.15. The van der Waals surface area contributed by atoms with Crippen LogP contribution in [0.1, 0.15) is 30.9 Å². The molecular weight excluding hydrogens is 367 g/mol. The smallest absolute Gasteiger partial charge is 0.240 e. The van der Waals surface area contributed by atoms with Gasteiger partial charge in [-0.3, -0.25) is 4.79 Å². The molecule has 0 atom stereocenters. The highest BCUT2D eigenvalue weighted by Gasteiger charge is 2.24. The van der Waals surface area contributed by atoms with Crippen molar-refractivity contribution < 1.29 is 17.6 Å². The SMILES string of the molecule is CC(=O)N1CCc2cc(S(=O)(=O)NCCCCc3ccccc3F)ccc21. The summed E-state index contributed by atoms with van der Waals surface area (Å²) in [4.78, 5) is 13.5. The Morgan fingerprint density at radius 3 is 2.70 bits per heavy atom. The molecule has 7 heteroatoms. The van der Waals surface area contributed by atoms with Crippen molar-refractivity contribution in [2.75, 3.05) is 18.0 Å². The first kappa shape index (κ1) is 19.5. The van der Waals surface area contributed by atoms with Crippen molar-refractivity contribution >= 4 is 21.6 Å². The summed E-state index contributed by atoms with van der Waals surface area (Å²) in [6, 6.07) is 11.5. The fraction of sp³-hybridized carbons (Fsp3) is 0.350. The van der Waals surface area contributed by atoms with Crippen molar-refractivity contribution in [2.45, 2.75) is 37.5 Å². The largest absolute Gasteiger partial charge is 0.312 e. The van der Waals surface area contributed by atoms with Crippen LogP contribution in [0.5, 0.6) is 0 Å². The summed E-state index contributed by atoms with van der Waals surface area (Å²) in [5, 5.41) is 0. The van der Waals surface area contributed by atoms with Gasteiger partial charge in [0.05, 0.1) is 4.90 Å². The second-order valence-corrected chi connectivity index (χ2v) is 8.42. The van der Waals surface area contributed by atoms with Gasteiger partial charge in [0, 0.05) is 25.7 Å². The molecule has 0 unspecified atom stereocenters. The van der Waals surface area contributed by atoms with E-state index in [0.717, 1.165) is 11.3 Å². The van der Waals surface area contributed by atoms with Gasteiger partial charge in [0.25, 0.3) is 0 Å². The minimum Gasteiger partial charge on any atom is -0.312 e. The van der Waals surface area contributed by atoms with Crippen molar-refractivity contribution in [1.82, 2.24) is 4.72 Å². The summed E-state index contributed by atoms with van der Waals surface area (Å²) in [5.74, 6) is -0.270. The van der Waals surface area contributed by atoms with Gasteiger partial charge in [0.2, 0.25) is 15.9 Å². The van der Waals surface area contributed by atoms with Crippen molar-refractivity contribution in [3.63, 3.8) is 0 Å². The number of nitrogens with zero attached hydrogens (tertiary/aromatic N) is 1. The number of benzene rings is 2. The number of rotatable bonds is 7. The summed E-state index contributed by atoms with van der Waals surface area (Å²) < 4.78 is 41.1. The van der Waals surface area contributed by atoms with E-state index in [1.807, 2.05) is 0 Å². The maximum absolute atomic E-state index is 13.6. The number of amides is 1. The Balaban J connectivity index is 1.55. The molecule has 1 heterocycles. The number of aryl methyl sites for hydroxylation is 1. The minimum absolute atomic E-state index is 0.0441. The number of carbonyl (C=O) groups is 1. The van der Waals surface area contributed by atoms with Gasteiger partial charge in [-0.05, 0) is 61.1 Å². The van der Waals surface area contributed by atoms with E-state index in [-0.39, 0.29) is 16.6 Å². The predicted molar refractivity (Wildman–Crippen MR) is 103 cm³/mol. The van der Waals surface area contributed by atoms with Crippen LogP contribution in [0.3, 0.4) is 0 Å². The summed E-state index contributed by atoms with van der Waals surface area (Å²) in [7, 11) is -3.60. The molecule has 0 spiro atoms. The van der Waals surface area contributed by atoms with E-state index in [9.17, 15) is 17.6 Å². The number of hydrogen-bond donors (Lipinski definition) is 1. The summed E-state index contributed by atoms with van der Waals surface area (Å²) in [5.41, 5.74) is 2.30. The van der Waals surface area contributed by atoms with Gasteiger partial charge < -0.3 is 4.90 Å². The third-order valence-corrected chi connectivity index (χ3v) is 6.22. The fourth-order valence-corrected chi connectivity index (χ4v) is 4.43. The Morgan fingerprint density at radius 1 is 1.19 bits per heavy atom. The topological polar surface area (TPSA) is 66.5 Å². The number of halogens is 1. The third kappa shape index (κ3) is 4.54. The van der Waals surface area contributed by atoms with Gasteiger partial charge in [-0.25, -0.2) is 17.5 Å². The third-order valence-electron chi connectivity index (χ3n) is 4.76. The molecule has 1 amide bonds. The zero-order valence-electron chi connectivity index (χ0n) is 15.2. The number of anilines is 1. The van der Waals surface area contributed by atoms with Crippen molar-refractivity contribution in [1.29, 1.82) is 0 Å². The van der Waals surface area contributed by atoms with Crippen LogP contribution in [0, 0.1) is 5.82 Å². The molecular formula is C20H23FN2O3S. The molecule has 3 rings (SSSR count). The summed E-state index contributed by atoms with van der Waals surface area (Å²) in [6.45, 7) is 2.38. The molecule has 5 nitrogen and oxygen atoms in total. The van der Waals surface area contributed by atoms with E-state index in [2.05, 4.69) is 4.72 Å². The van der Waals surface area contributed by atoms with Crippen LogP contribution >= 0.6 is 0 Å². The van der Waals surface area contributed by atoms with Crippen LogP contribution in [0.25, 0.3) is 0 Å². The van der Waals surface area contributed by atoms with Crippen molar-refractivity contribution in [3.05, 3.63) is 59.4 Å². The molecule has 27 heavy (non-hydrogen) atoms. The Hall–Kier alpha value is -2.25. The van der Waals surface area contributed by atoms with Gasteiger partial charge in [0.15, 0.2) is 0 Å². The second kappa shape index (κ2) is 8.19. The first-order chi connectivity index (χ1) is 12.9. The van der Waals surface area contributed by atoms with Crippen LogP contribution in [-0.2, 0) is 27.7 Å². The highest BCUT2D eigenvalue weighted by molar-refractivity contribution is 7.89. The van der Waals surface area contributed by atoms with Gasteiger partial charge >= 0.3 is 0 Å². The number of carbonyl (C=O) groups excluding carboxylic acids is 1. The maximum Gasteiger partial charge on any atom is 0.240 e. The van der Waals surface area contributed by atoms with E-state index in [1.54, 1.807) is 35.2 Å². The zero-order valence-corrected chi connectivity index (χ0v) is 16.1. The Bertz CT molecular complexity index is 944. The van der Waals surface area contributed by atoms with Crippen LogP contribution in [0.15, 0.2) is 47.4 Å². The number of nitrogens with one attached hydrogen (secondary N) is 1. The lowest BCUT2D eigenvalue weighted by atomic mass is 10.1. The number of hydrogen-bond acceptors (Lipinski definition) is 3. The van der Waals surface area contributed by atoms with Gasteiger partial charge in [-0.1, -0.05) is 18.2 Å². The average molecular weight is 390 g/mol. The molecule has 0 saturated carbocycles. The van der Waals surface area contributed by atoms with E-state index in [1.165, 1.54) is 19.1 Å². The Labute approximate surface area is 159 Å². The van der Waals surface area contributed by atoms with Crippen LogP contribution < -0.4 is 9.62 Å². The minimum atomic E-state index is -3.60. The van der Waals surface area contributed by atoms with E-state index in [4.69, 9.17) is 0 Å². The number of fused-ring (bicyclic) bond motifs is 1. The Morgan fingerprint density at radius 2 is 1.96 bits per heavy atom. The molecule has 0 aromatic heterocycles. The predicted octanol–water partition coefficient (Wildman–Crippen LogP) is 3.04. The molecule has 0 aliphatic carbocycles. The monoisotopic (exact) mass is 390 g/mol. The first-order valence-electron chi connectivity index (χ1n) is 9.02. The molecule has 2 aromatic carbocycles. The molecule has 144 valence electrons. The molecule has 0 bridgehead atoms. The fourth-order valence-electron chi connectivity index (χ4n) is 3.30. The molecule has 1 aliphatic rings. The van der Waals surface area contributed by atoms with Gasteiger partial charge in [-0.2, -0.15) is 0 Å². The summed E-state index contributed by atoms with van der Waals surface area (Å²) >= 11 is 0. The highest BCUT2D eigenvalue weighted by Crippen LogP contribution is 2.30. The van der Waals surface area contributed by atoms with Gasteiger partial charge in [0.1, 0.15) is 5.82 Å². The van der Waals surface area contributed by atoms with E-state index < -0.39 is 10.0 Å². The molecule has 1 aliphatic heterocycles. The van der Waals surface area contributed by atoms with Gasteiger partial charge in [-0.15, -0.1) is 0 Å². The lowest BCUT2D eigenvalue weighted by molar-refractivity contribution is -0.116. The van der Waals surface area contributed by atoms with Crippen molar-refractivity contribution in [2.24, 2.45) is 0 Å². The van der Waals surface area contributed by atoms with Crippen molar-refractivity contribution in [3.8, 4) is 0 Å². The zero-order chi connectivity index (χ0) is 19.4. The molecule has 0 saturated heterocycles. The Kier molecular flexibility index (Phi) is 5.92. The van der Waals surface area contributed by atoms with E-state index >= 15 is 0 Å². The molecule has 1 N–H and O–H groups in total. The lowest BCUT2D eigenvalue weighted by Crippen LogP contribution is -2.26. The quantitative estimate of drug-likeness (QED) is 0.739. The molecule has 2 aromatic rings. The van der Waals surface area contributed by atoms with E-state index in [0.29, 0.717) is 44.3 Å². The molecule has 0 radical (unpaired) electrons. The van der Waals surface area contributed by atoms with Crippen LogP contribution in [0.4, 0.5) is 10.1 Å². The maximum atomic E-state index is 13.6. The highest BCUT2D eigenvalue weighted by atomic mass is 32.2. The standard InChI is InChI=1S/C20H23FN2O3S/c1-15(24)23-13-11-17-14-18(9-10-20(17)23)27(25,26)22-12-5-4-7-16-6-2-3-8-19(16)21/h2-3,6,8-10,14,22H,4-5,7,11-13H2,1H3. The summed E-state index contributed by atoms with van der Waals surface area (Å²) in [6.07, 6.45) is 2.55. The first-order valence-corrected chi connectivity index (χ1v) is 10.5. The average Bonchev–Trinajstić information content (AvgIpc) is 3.06. The van der Waals surface area contributed by atoms with Crippen LogP contribution in [0.2, 0.25) is 0 Å².